The predicted molar refractivity (Wildman–Crippen MR) is 128 cm³/mol. The summed E-state index contributed by atoms with van der Waals surface area (Å²) in [5, 5.41) is 3.20. The topological polar surface area (TPSA) is 62.9 Å². The van der Waals surface area contributed by atoms with E-state index in [0.29, 0.717) is 24.5 Å². The lowest BCUT2D eigenvalue weighted by molar-refractivity contribution is 0.125. The predicted octanol–water partition coefficient (Wildman–Crippen LogP) is 4.43. The standard InChI is InChI=1S/C22H30N4O.HI/c1-16-6-4-8-19(14-16)25-22(23)24-15-18-7-5-13-26(2)21(18)17-9-11-20(27-3)12-10-17;/h4,6,8-12,14,18,21H,5,7,13,15H2,1-3H3,(H3,23,24,25);1H. The molecule has 1 heterocycles. The number of nitrogens with two attached hydrogens (primary N) is 1. The van der Waals surface area contributed by atoms with Crippen LogP contribution in [0.1, 0.15) is 30.0 Å². The monoisotopic (exact) mass is 494 g/mol. The van der Waals surface area contributed by atoms with Crippen LogP contribution in [-0.4, -0.2) is 38.1 Å². The highest BCUT2D eigenvalue weighted by atomic mass is 127. The van der Waals surface area contributed by atoms with Crippen LogP contribution in [0.5, 0.6) is 5.75 Å². The van der Waals surface area contributed by atoms with Gasteiger partial charge in [0.15, 0.2) is 5.96 Å². The minimum Gasteiger partial charge on any atom is -0.497 e. The zero-order chi connectivity index (χ0) is 19.2. The molecule has 0 aliphatic carbocycles. The number of piperidine rings is 1. The van der Waals surface area contributed by atoms with Crippen molar-refractivity contribution in [2.45, 2.75) is 25.8 Å². The molecule has 0 amide bonds. The minimum absolute atomic E-state index is 0. The van der Waals surface area contributed by atoms with Gasteiger partial charge in [-0.1, -0.05) is 24.3 Å². The number of anilines is 1. The summed E-state index contributed by atoms with van der Waals surface area (Å²) >= 11 is 0. The van der Waals surface area contributed by atoms with Crippen LogP contribution in [0.3, 0.4) is 0 Å². The van der Waals surface area contributed by atoms with E-state index in [9.17, 15) is 0 Å². The summed E-state index contributed by atoms with van der Waals surface area (Å²) in [7, 11) is 3.89. The maximum absolute atomic E-state index is 6.14. The van der Waals surface area contributed by atoms with Gasteiger partial charge in [-0.15, -0.1) is 24.0 Å². The smallest absolute Gasteiger partial charge is 0.193 e. The third-order valence-corrected chi connectivity index (χ3v) is 5.25. The van der Waals surface area contributed by atoms with E-state index in [1.54, 1.807) is 7.11 Å². The number of guanidine groups is 1. The van der Waals surface area contributed by atoms with E-state index in [4.69, 9.17) is 10.5 Å². The van der Waals surface area contributed by atoms with Crippen LogP contribution in [0.2, 0.25) is 0 Å². The van der Waals surface area contributed by atoms with Gasteiger partial charge >= 0.3 is 0 Å². The molecule has 2 aromatic carbocycles. The summed E-state index contributed by atoms with van der Waals surface area (Å²) in [5.41, 5.74) is 9.62. The summed E-state index contributed by atoms with van der Waals surface area (Å²) in [6.07, 6.45) is 2.34. The Morgan fingerprint density at radius 3 is 2.68 bits per heavy atom. The lowest BCUT2D eigenvalue weighted by Gasteiger charge is -2.39. The maximum atomic E-state index is 6.14. The Kier molecular flexibility index (Phi) is 8.57. The fourth-order valence-electron chi connectivity index (χ4n) is 3.90. The first-order valence-electron chi connectivity index (χ1n) is 9.54. The van der Waals surface area contributed by atoms with Crippen molar-refractivity contribution in [3.05, 3.63) is 59.7 Å². The normalized spacial score (nSPS) is 20.3. The van der Waals surface area contributed by atoms with Crippen molar-refractivity contribution >= 4 is 35.6 Å². The molecule has 2 unspecified atom stereocenters. The molecule has 1 aliphatic rings. The molecule has 1 aliphatic heterocycles. The number of hydrogen-bond acceptors (Lipinski definition) is 3. The summed E-state index contributed by atoms with van der Waals surface area (Å²) in [5.74, 6) is 1.80. The lowest BCUT2D eigenvalue weighted by Crippen LogP contribution is -2.38. The molecule has 2 aromatic rings. The van der Waals surface area contributed by atoms with Crippen LogP contribution in [0.4, 0.5) is 5.69 Å². The van der Waals surface area contributed by atoms with E-state index in [2.05, 4.69) is 53.4 Å². The van der Waals surface area contributed by atoms with Crippen molar-refractivity contribution in [1.82, 2.24) is 4.90 Å². The highest BCUT2D eigenvalue weighted by Gasteiger charge is 2.30. The zero-order valence-corrected chi connectivity index (χ0v) is 19.2. The number of methoxy groups -OCH3 is 1. The number of aryl methyl sites for hydroxylation is 1. The van der Waals surface area contributed by atoms with Crippen LogP contribution >= 0.6 is 24.0 Å². The Morgan fingerprint density at radius 2 is 2.00 bits per heavy atom. The van der Waals surface area contributed by atoms with E-state index >= 15 is 0 Å². The zero-order valence-electron chi connectivity index (χ0n) is 16.9. The van der Waals surface area contributed by atoms with Gasteiger partial charge in [0.2, 0.25) is 0 Å². The molecule has 2 atom stereocenters. The number of hydrogen-bond donors (Lipinski definition) is 2. The number of nitrogens with one attached hydrogen (secondary N) is 1. The fourth-order valence-corrected chi connectivity index (χ4v) is 3.90. The first kappa shape index (κ1) is 22.5. The fraction of sp³-hybridized carbons (Fsp3) is 0.409. The van der Waals surface area contributed by atoms with Gasteiger partial charge in [-0.25, -0.2) is 0 Å². The average Bonchev–Trinajstić information content (AvgIpc) is 2.66. The second-order valence-electron chi connectivity index (χ2n) is 7.32. The lowest BCUT2D eigenvalue weighted by atomic mass is 9.85. The number of likely N-dealkylation sites (tertiary alicyclic amines) is 1. The van der Waals surface area contributed by atoms with E-state index in [1.165, 1.54) is 17.5 Å². The largest absolute Gasteiger partial charge is 0.497 e. The van der Waals surface area contributed by atoms with Crippen molar-refractivity contribution < 1.29 is 4.74 Å². The summed E-state index contributed by atoms with van der Waals surface area (Å²) in [6, 6.07) is 16.9. The highest BCUT2D eigenvalue weighted by molar-refractivity contribution is 14.0. The number of benzene rings is 2. The van der Waals surface area contributed by atoms with Crippen LogP contribution in [0.25, 0.3) is 0 Å². The average molecular weight is 494 g/mol. The van der Waals surface area contributed by atoms with Gasteiger partial charge in [-0.05, 0) is 74.7 Å². The van der Waals surface area contributed by atoms with Crippen LogP contribution in [-0.2, 0) is 0 Å². The van der Waals surface area contributed by atoms with Crippen molar-refractivity contribution in [1.29, 1.82) is 0 Å². The van der Waals surface area contributed by atoms with E-state index < -0.39 is 0 Å². The van der Waals surface area contributed by atoms with Crippen molar-refractivity contribution in [2.24, 2.45) is 16.6 Å². The number of aliphatic imine (C=N–C) groups is 1. The van der Waals surface area contributed by atoms with Gasteiger partial charge < -0.3 is 15.8 Å². The molecule has 3 rings (SSSR count). The molecule has 1 fully saturated rings. The van der Waals surface area contributed by atoms with E-state index in [-0.39, 0.29) is 24.0 Å². The minimum atomic E-state index is 0. The van der Waals surface area contributed by atoms with Gasteiger partial charge in [0.05, 0.1) is 7.11 Å². The third-order valence-electron chi connectivity index (χ3n) is 5.25. The van der Waals surface area contributed by atoms with Crippen molar-refractivity contribution in [3.63, 3.8) is 0 Å². The highest BCUT2D eigenvalue weighted by Crippen LogP contribution is 2.35. The molecule has 152 valence electrons. The first-order valence-corrected chi connectivity index (χ1v) is 9.54. The quantitative estimate of drug-likeness (QED) is 0.367. The Balaban J connectivity index is 0.00000280. The number of halogens is 1. The molecule has 28 heavy (non-hydrogen) atoms. The second kappa shape index (κ2) is 10.7. The SMILES string of the molecule is COc1ccc(C2C(CN=C(N)Nc3cccc(C)c3)CCCN2C)cc1.I. The molecule has 0 aromatic heterocycles. The van der Waals surface area contributed by atoms with Crippen molar-refractivity contribution in [3.8, 4) is 5.75 Å². The Morgan fingerprint density at radius 1 is 1.25 bits per heavy atom. The molecule has 5 nitrogen and oxygen atoms in total. The molecule has 0 saturated carbocycles. The van der Waals surface area contributed by atoms with E-state index in [1.807, 2.05) is 24.3 Å². The van der Waals surface area contributed by atoms with Crippen LogP contribution in [0, 0.1) is 12.8 Å². The molecule has 1 saturated heterocycles. The molecule has 6 heteroatoms. The number of ether oxygens (including phenoxy) is 1. The molecular formula is C22H31IN4O. The molecule has 0 radical (unpaired) electrons. The summed E-state index contributed by atoms with van der Waals surface area (Å²) in [6.45, 7) is 3.88. The Labute approximate surface area is 185 Å². The number of nitrogens with zero attached hydrogens (tertiary/aromatic N) is 2. The first-order chi connectivity index (χ1) is 13.1. The molecular weight excluding hydrogens is 463 g/mol. The second-order valence-corrected chi connectivity index (χ2v) is 7.32. The van der Waals surface area contributed by atoms with Crippen LogP contribution < -0.4 is 15.8 Å². The number of rotatable bonds is 5. The Hall–Kier alpha value is -1.80. The van der Waals surface area contributed by atoms with Gasteiger partial charge in [0.1, 0.15) is 5.75 Å². The summed E-state index contributed by atoms with van der Waals surface area (Å²) in [4.78, 5) is 7.07. The Bertz CT molecular complexity index is 778. The van der Waals surface area contributed by atoms with Crippen molar-refractivity contribution in [2.75, 3.05) is 32.6 Å². The summed E-state index contributed by atoms with van der Waals surface area (Å²) < 4.78 is 5.29. The molecule has 0 spiro atoms. The van der Waals surface area contributed by atoms with Gasteiger partial charge in [-0.2, -0.15) is 0 Å². The third kappa shape index (κ3) is 5.85. The van der Waals surface area contributed by atoms with Crippen LogP contribution in [0.15, 0.2) is 53.5 Å². The van der Waals surface area contributed by atoms with Gasteiger partial charge in [-0.3, -0.25) is 9.89 Å². The van der Waals surface area contributed by atoms with Gasteiger partial charge in [0, 0.05) is 18.3 Å². The van der Waals surface area contributed by atoms with E-state index in [0.717, 1.165) is 24.4 Å². The molecule has 3 N–H and O–H groups in total. The van der Waals surface area contributed by atoms with Gasteiger partial charge in [0.25, 0.3) is 0 Å². The molecule has 0 bridgehead atoms. The maximum Gasteiger partial charge on any atom is 0.193 e.